The van der Waals surface area contributed by atoms with Gasteiger partial charge in [0.25, 0.3) is 0 Å². The van der Waals surface area contributed by atoms with Crippen molar-refractivity contribution in [3.63, 3.8) is 0 Å². The average molecular weight is 396 g/mol. The van der Waals surface area contributed by atoms with Gasteiger partial charge in [-0.25, -0.2) is 0 Å². The fourth-order valence-corrected chi connectivity index (χ4v) is 4.74. The van der Waals surface area contributed by atoms with E-state index in [-0.39, 0.29) is 12.1 Å². The Hall–Kier alpha value is -2.67. The number of carboxylic acid groups (broad SMARTS) is 1. The van der Waals surface area contributed by atoms with Crippen molar-refractivity contribution >= 4 is 22.7 Å². The predicted molar refractivity (Wildman–Crippen MR) is 109 cm³/mol. The maximum Gasteiger partial charge on any atom is 0.321 e. The first-order chi connectivity index (χ1) is 14.1. The summed E-state index contributed by atoms with van der Waals surface area (Å²) < 4.78 is 1.27. The van der Waals surface area contributed by atoms with Gasteiger partial charge >= 0.3 is 11.1 Å². The lowest BCUT2D eigenvalue weighted by molar-refractivity contribution is -0.299. The lowest BCUT2D eigenvalue weighted by Crippen LogP contribution is -2.46. The summed E-state index contributed by atoms with van der Waals surface area (Å²) in [5.74, 6) is -1.27. The zero-order valence-corrected chi connectivity index (χ0v) is 16.5. The number of hydrogen-bond acceptors (Lipinski definition) is 5. The topological polar surface area (TPSA) is 98.2 Å². The van der Waals surface area contributed by atoms with Crippen LogP contribution in [0.2, 0.25) is 0 Å². The number of aromatic nitrogens is 2. The molecule has 7 nitrogen and oxygen atoms in total. The molecule has 1 fully saturated rings. The molecule has 0 radical (unpaired) electrons. The molecule has 1 aliphatic carbocycles. The Morgan fingerprint density at radius 3 is 2.45 bits per heavy atom. The van der Waals surface area contributed by atoms with Crippen LogP contribution in [-0.2, 0) is 4.79 Å². The predicted octanol–water partition coefficient (Wildman–Crippen LogP) is 1.47. The zero-order chi connectivity index (χ0) is 20.4. The van der Waals surface area contributed by atoms with E-state index in [0.29, 0.717) is 35.7 Å². The lowest BCUT2D eigenvalue weighted by atomic mass is 9.93. The molecule has 0 spiro atoms. The highest BCUT2D eigenvalue weighted by Crippen LogP contribution is 2.29. The van der Waals surface area contributed by atoms with Gasteiger partial charge in [0.15, 0.2) is 0 Å². The van der Waals surface area contributed by atoms with Gasteiger partial charge in [-0.15, -0.1) is 0 Å². The fourth-order valence-electron chi connectivity index (χ4n) is 4.74. The molecule has 2 heterocycles. The molecular formula is C22H26N3O4-. The fraction of sp³-hybridized carbons (Fsp3) is 0.500. The molecule has 0 saturated heterocycles. The molecule has 1 aromatic carbocycles. The molecule has 1 aliphatic heterocycles. The van der Waals surface area contributed by atoms with Gasteiger partial charge in [0.1, 0.15) is 0 Å². The summed E-state index contributed by atoms with van der Waals surface area (Å²) in [6.07, 6.45) is 8.60. The maximum atomic E-state index is 12.7. The Morgan fingerprint density at radius 1 is 1.03 bits per heavy atom. The summed E-state index contributed by atoms with van der Waals surface area (Å²) in [5.41, 5.74) is -0.0150. The molecule has 0 amide bonds. The first-order valence-corrected chi connectivity index (χ1v) is 10.5. The number of carbonyl (C=O) groups excluding carboxylic acids is 1. The minimum Gasteiger partial charge on any atom is -0.545 e. The highest BCUT2D eigenvalue weighted by Gasteiger charge is 2.28. The average Bonchev–Trinajstić information content (AvgIpc) is 2.69. The Labute approximate surface area is 168 Å². The minimum absolute atomic E-state index is 0.108. The number of nitrogens with zero attached hydrogens (tertiary/aromatic N) is 2. The summed E-state index contributed by atoms with van der Waals surface area (Å²) in [4.78, 5) is 41.7. The van der Waals surface area contributed by atoms with Crippen LogP contribution in [-0.4, -0.2) is 39.6 Å². The molecule has 154 valence electrons. The normalized spacial score (nSPS) is 19.9. The molecule has 29 heavy (non-hydrogen) atoms. The van der Waals surface area contributed by atoms with Gasteiger partial charge in [-0.05, 0) is 25.0 Å². The quantitative estimate of drug-likeness (QED) is 0.793. The molecular weight excluding hydrogens is 370 g/mol. The van der Waals surface area contributed by atoms with Gasteiger partial charge in [0.2, 0.25) is 0 Å². The van der Waals surface area contributed by atoms with Crippen LogP contribution >= 0.6 is 0 Å². The van der Waals surface area contributed by atoms with Crippen LogP contribution in [0.15, 0.2) is 39.4 Å². The van der Waals surface area contributed by atoms with E-state index in [2.05, 4.69) is 9.88 Å². The smallest absolute Gasteiger partial charge is 0.321 e. The van der Waals surface area contributed by atoms with Gasteiger partial charge in [0.05, 0.1) is 17.0 Å². The molecule has 4 rings (SSSR count). The largest absolute Gasteiger partial charge is 0.545 e. The second kappa shape index (κ2) is 8.37. The summed E-state index contributed by atoms with van der Waals surface area (Å²) in [5, 5.41) is 12.0. The molecule has 0 bridgehead atoms. The molecule has 1 saturated carbocycles. The number of fused-ring (bicyclic) bond motifs is 1. The Bertz CT molecular complexity index is 1060. The van der Waals surface area contributed by atoms with Crippen LogP contribution in [0.5, 0.6) is 0 Å². The third kappa shape index (κ3) is 3.92. The molecule has 0 unspecified atom stereocenters. The first kappa shape index (κ1) is 19.6. The van der Waals surface area contributed by atoms with E-state index in [4.69, 9.17) is 0 Å². The van der Waals surface area contributed by atoms with E-state index < -0.39 is 17.1 Å². The second-order valence-corrected chi connectivity index (χ2v) is 8.04. The Balaban J connectivity index is 1.77. The Kier molecular flexibility index (Phi) is 5.67. The number of carboxylic acids is 1. The molecule has 7 heteroatoms. The van der Waals surface area contributed by atoms with Crippen LogP contribution in [0, 0.1) is 0 Å². The number of aliphatic carboxylic acids is 1. The minimum atomic E-state index is -1.27. The van der Waals surface area contributed by atoms with Crippen molar-refractivity contribution in [1.29, 1.82) is 0 Å². The van der Waals surface area contributed by atoms with Crippen molar-refractivity contribution in [2.75, 3.05) is 13.1 Å². The molecule has 2 aromatic rings. The summed E-state index contributed by atoms with van der Waals surface area (Å²) in [6, 6.07) is 7.31. The zero-order valence-electron chi connectivity index (χ0n) is 16.5. The van der Waals surface area contributed by atoms with Crippen molar-refractivity contribution in [3.05, 3.63) is 50.5 Å². The van der Waals surface area contributed by atoms with Crippen molar-refractivity contribution in [1.82, 2.24) is 14.5 Å². The lowest BCUT2D eigenvalue weighted by Gasteiger charge is -2.38. The summed E-state index contributed by atoms with van der Waals surface area (Å²) in [7, 11) is 0. The van der Waals surface area contributed by atoms with E-state index in [1.54, 1.807) is 24.3 Å². The van der Waals surface area contributed by atoms with Crippen LogP contribution in [0.25, 0.3) is 16.7 Å². The van der Waals surface area contributed by atoms with Crippen molar-refractivity contribution in [3.8, 4) is 0 Å². The number of rotatable bonds is 3. The molecule has 0 atom stereocenters. The number of H-pyrrole nitrogens is 1. The molecule has 1 N–H and O–H groups in total. The number of para-hydroxylation sites is 2. The van der Waals surface area contributed by atoms with Gasteiger partial charge in [-0.2, -0.15) is 0 Å². The van der Waals surface area contributed by atoms with E-state index in [1.165, 1.54) is 23.8 Å². The maximum absolute atomic E-state index is 12.7. The monoisotopic (exact) mass is 396 g/mol. The van der Waals surface area contributed by atoms with Crippen LogP contribution in [0.1, 0.15) is 51.4 Å². The highest BCUT2D eigenvalue weighted by molar-refractivity contribution is 5.94. The first-order valence-electron chi connectivity index (χ1n) is 10.5. The number of nitrogens with one attached hydrogen (secondary N) is 1. The van der Waals surface area contributed by atoms with Gasteiger partial charge in [-0.1, -0.05) is 44.2 Å². The number of carbonyl (C=O) groups is 1. The van der Waals surface area contributed by atoms with E-state index >= 15 is 0 Å². The second-order valence-electron chi connectivity index (χ2n) is 8.04. The Morgan fingerprint density at radius 2 is 1.72 bits per heavy atom. The third-order valence-electron chi connectivity index (χ3n) is 6.24. The SMILES string of the molecule is O=C([O-])C1=C(n2c(=O)c(=O)[nH]c3ccccc32)CCN(C2CCCCCCC2)C1. The van der Waals surface area contributed by atoms with Gasteiger partial charge < -0.3 is 14.9 Å². The number of aromatic amines is 1. The van der Waals surface area contributed by atoms with E-state index in [1.807, 2.05) is 0 Å². The van der Waals surface area contributed by atoms with Crippen molar-refractivity contribution < 1.29 is 9.90 Å². The number of benzene rings is 1. The highest BCUT2D eigenvalue weighted by atomic mass is 16.4. The van der Waals surface area contributed by atoms with Crippen LogP contribution in [0.4, 0.5) is 0 Å². The third-order valence-corrected chi connectivity index (χ3v) is 6.24. The van der Waals surface area contributed by atoms with Crippen molar-refractivity contribution in [2.24, 2.45) is 0 Å². The van der Waals surface area contributed by atoms with Crippen LogP contribution < -0.4 is 16.2 Å². The van der Waals surface area contributed by atoms with Crippen molar-refractivity contribution in [2.45, 2.75) is 57.4 Å². The van der Waals surface area contributed by atoms with E-state index in [0.717, 1.165) is 25.7 Å². The molecule has 2 aliphatic rings. The summed E-state index contributed by atoms with van der Waals surface area (Å²) in [6.45, 7) is 0.917. The standard InChI is InChI=1S/C22H27N3O4/c26-20-21(27)25(19-11-7-6-10-17(19)23-20)18-12-13-24(14-16(18)22(28)29)15-8-4-2-1-3-5-9-15/h6-7,10-11,15H,1-5,8-9,12-14H2,(H,23,26)(H,28,29)/p-1. The molecule has 1 aromatic heterocycles. The van der Waals surface area contributed by atoms with E-state index in [9.17, 15) is 19.5 Å². The number of hydrogen-bond donors (Lipinski definition) is 1. The van der Waals surface area contributed by atoms with Crippen LogP contribution in [0.3, 0.4) is 0 Å². The van der Waals surface area contributed by atoms with Gasteiger partial charge in [-0.3, -0.25) is 19.1 Å². The van der Waals surface area contributed by atoms with Gasteiger partial charge in [0, 0.05) is 36.8 Å². The summed E-state index contributed by atoms with van der Waals surface area (Å²) >= 11 is 0.